The Bertz CT molecular complexity index is 291. The van der Waals surface area contributed by atoms with Gasteiger partial charge in [-0.05, 0) is 12.2 Å². The molecule has 0 aliphatic heterocycles. The van der Waals surface area contributed by atoms with E-state index in [1.54, 1.807) is 0 Å². The smallest absolute Gasteiger partial charge is 0.285 e. The van der Waals surface area contributed by atoms with Gasteiger partial charge in [0.15, 0.2) is 5.92 Å². The SMILES string of the molecule is N#CC(C#N)C=CC(=O)C(F)(F)F. The van der Waals surface area contributed by atoms with Crippen molar-refractivity contribution in [3.63, 3.8) is 0 Å². The van der Waals surface area contributed by atoms with Crippen molar-refractivity contribution in [1.29, 1.82) is 10.5 Å². The Morgan fingerprint density at radius 3 is 2.08 bits per heavy atom. The summed E-state index contributed by atoms with van der Waals surface area (Å²) in [4.78, 5) is 10.2. The molecule has 0 radical (unpaired) electrons. The first-order valence-electron chi connectivity index (χ1n) is 3.00. The molecule has 13 heavy (non-hydrogen) atoms. The van der Waals surface area contributed by atoms with Crippen molar-refractivity contribution in [2.75, 3.05) is 0 Å². The Hall–Kier alpha value is -1.82. The van der Waals surface area contributed by atoms with Crippen molar-refractivity contribution in [3.8, 4) is 12.1 Å². The molecule has 68 valence electrons. The molecule has 0 heterocycles. The number of halogens is 3. The van der Waals surface area contributed by atoms with E-state index >= 15 is 0 Å². The van der Waals surface area contributed by atoms with Crippen LogP contribution in [0.3, 0.4) is 0 Å². The zero-order chi connectivity index (χ0) is 10.5. The van der Waals surface area contributed by atoms with Gasteiger partial charge in [-0.25, -0.2) is 0 Å². The Kier molecular flexibility index (Phi) is 3.67. The summed E-state index contributed by atoms with van der Waals surface area (Å²) in [6, 6.07) is 2.78. The molecular weight excluding hydrogens is 185 g/mol. The van der Waals surface area contributed by atoms with E-state index in [-0.39, 0.29) is 6.08 Å². The van der Waals surface area contributed by atoms with Crippen LogP contribution in [0.5, 0.6) is 0 Å². The number of allylic oxidation sites excluding steroid dienone is 2. The minimum atomic E-state index is -4.95. The minimum absolute atomic E-state index is 0.178. The molecule has 0 N–H and O–H groups in total. The summed E-state index contributed by atoms with van der Waals surface area (Å²) in [6.07, 6.45) is -4.17. The van der Waals surface area contributed by atoms with Crippen LogP contribution in [0.25, 0.3) is 0 Å². The van der Waals surface area contributed by atoms with E-state index in [0.29, 0.717) is 6.08 Å². The summed E-state index contributed by atoms with van der Waals surface area (Å²) in [5.41, 5.74) is 0. The molecule has 0 fully saturated rings. The van der Waals surface area contributed by atoms with E-state index in [9.17, 15) is 18.0 Å². The van der Waals surface area contributed by atoms with E-state index in [4.69, 9.17) is 10.5 Å². The number of nitriles is 2. The Labute approximate surface area is 71.7 Å². The number of hydrogen-bond acceptors (Lipinski definition) is 3. The summed E-state index contributed by atoms with van der Waals surface area (Å²) in [5.74, 6) is -3.41. The largest absolute Gasteiger partial charge is 0.454 e. The average molecular weight is 188 g/mol. The monoisotopic (exact) mass is 188 g/mol. The van der Waals surface area contributed by atoms with Gasteiger partial charge in [0.25, 0.3) is 5.78 Å². The number of alkyl halides is 3. The zero-order valence-corrected chi connectivity index (χ0v) is 6.17. The Balaban J connectivity index is 4.41. The summed E-state index contributed by atoms with van der Waals surface area (Å²) in [6.45, 7) is 0. The molecule has 0 amide bonds. The molecule has 6 heteroatoms. The van der Waals surface area contributed by atoms with Crippen LogP contribution in [-0.4, -0.2) is 12.0 Å². The molecule has 0 aliphatic carbocycles. The lowest BCUT2D eigenvalue weighted by atomic mass is 10.1. The van der Waals surface area contributed by atoms with Gasteiger partial charge in [0.2, 0.25) is 0 Å². The highest BCUT2D eigenvalue weighted by Crippen LogP contribution is 2.16. The Morgan fingerprint density at radius 1 is 1.31 bits per heavy atom. The summed E-state index contributed by atoms with van der Waals surface area (Å²) in [7, 11) is 0. The molecule has 0 atom stereocenters. The van der Waals surface area contributed by atoms with E-state index < -0.39 is 17.9 Å². The predicted molar refractivity (Wildman–Crippen MR) is 34.9 cm³/mol. The van der Waals surface area contributed by atoms with Gasteiger partial charge in [-0.1, -0.05) is 0 Å². The molecule has 0 saturated heterocycles. The van der Waals surface area contributed by atoms with Crippen molar-refractivity contribution in [1.82, 2.24) is 0 Å². The highest BCUT2D eigenvalue weighted by atomic mass is 19.4. The topological polar surface area (TPSA) is 64.7 Å². The van der Waals surface area contributed by atoms with Gasteiger partial charge in [0.05, 0.1) is 12.1 Å². The quantitative estimate of drug-likeness (QED) is 0.614. The predicted octanol–water partition coefficient (Wildman–Crippen LogP) is 1.34. The molecule has 0 aromatic rings. The molecule has 0 spiro atoms. The normalized spacial score (nSPS) is 11.2. The van der Waals surface area contributed by atoms with Crippen molar-refractivity contribution >= 4 is 5.78 Å². The van der Waals surface area contributed by atoms with Gasteiger partial charge in [-0.3, -0.25) is 4.79 Å². The van der Waals surface area contributed by atoms with Crippen LogP contribution in [0, 0.1) is 28.6 Å². The number of rotatable bonds is 2. The van der Waals surface area contributed by atoms with Crippen molar-refractivity contribution in [3.05, 3.63) is 12.2 Å². The molecule has 3 nitrogen and oxygen atoms in total. The lowest BCUT2D eigenvalue weighted by Gasteiger charge is -1.98. The van der Waals surface area contributed by atoms with Gasteiger partial charge in [0, 0.05) is 0 Å². The van der Waals surface area contributed by atoms with Crippen LogP contribution >= 0.6 is 0 Å². The first-order chi connectivity index (χ1) is 5.91. The molecule has 0 rings (SSSR count). The van der Waals surface area contributed by atoms with Gasteiger partial charge in [-0.2, -0.15) is 23.7 Å². The van der Waals surface area contributed by atoms with Crippen LogP contribution in [0.15, 0.2) is 12.2 Å². The summed E-state index contributed by atoms with van der Waals surface area (Å²) >= 11 is 0. The molecule has 0 bridgehead atoms. The van der Waals surface area contributed by atoms with Gasteiger partial charge < -0.3 is 0 Å². The molecule has 0 aliphatic rings. The van der Waals surface area contributed by atoms with Gasteiger partial charge in [0.1, 0.15) is 0 Å². The van der Waals surface area contributed by atoms with Gasteiger partial charge >= 0.3 is 6.18 Å². The number of carbonyl (C=O) groups is 1. The number of ketones is 1. The first kappa shape index (κ1) is 11.2. The fourth-order valence-electron chi connectivity index (χ4n) is 0.393. The van der Waals surface area contributed by atoms with E-state index in [1.807, 2.05) is 0 Å². The highest BCUT2D eigenvalue weighted by Gasteiger charge is 2.36. The summed E-state index contributed by atoms with van der Waals surface area (Å²) < 4.78 is 34.6. The molecule has 0 unspecified atom stereocenters. The van der Waals surface area contributed by atoms with Crippen LogP contribution in [0.2, 0.25) is 0 Å². The lowest BCUT2D eigenvalue weighted by Crippen LogP contribution is -2.20. The third-order valence-corrected chi connectivity index (χ3v) is 0.998. The van der Waals surface area contributed by atoms with E-state index in [0.717, 1.165) is 0 Å². The zero-order valence-electron chi connectivity index (χ0n) is 6.17. The molecule has 0 aromatic heterocycles. The second-order valence-electron chi connectivity index (χ2n) is 1.96. The van der Waals surface area contributed by atoms with E-state index in [1.165, 1.54) is 12.1 Å². The molecule has 0 aromatic carbocycles. The second kappa shape index (κ2) is 4.27. The third-order valence-electron chi connectivity index (χ3n) is 0.998. The fraction of sp³-hybridized carbons (Fsp3) is 0.286. The van der Waals surface area contributed by atoms with Crippen LogP contribution in [0.1, 0.15) is 0 Å². The average Bonchev–Trinajstić information content (AvgIpc) is 2.04. The Morgan fingerprint density at radius 2 is 1.77 bits per heavy atom. The highest BCUT2D eigenvalue weighted by molar-refractivity contribution is 5.94. The van der Waals surface area contributed by atoms with Crippen molar-refractivity contribution in [2.24, 2.45) is 5.92 Å². The van der Waals surface area contributed by atoms with Gasteiger partial charge in [-0.15, -0.1) is 0 Å². The maximum absolute atomic E-state index is 11.5. The van der Waals surface area contributed by atoms with Crippen molar-refractivity contribution in [2.45, 2.75) is 6.18 Å². The van der Waals surface area contributed by atoms with E-state index in [2.05, 4.69) is 0 Å². The first-order valence-corrected chi connectivity index (χ1v) is 3.00. The number of nitrogens with zero attached hydrogens (tertiary/aromatic N) is 2. The third kappa shape index (κ3) is 3.92. The summed E-state index contributed by atoms with van der Waals surface area (Å²) in [5, 5.41) is 16.3. The fourth-order valence-corrected chi connectivity index (χ4v) is 0.393. The second-order valence-corrected chi connectivity index (χ2v) is 1.96. The van der Waals surface area contributed by atoms with Crippen LogP contribution in [0.4, 0.5) is 13.2 Å². The maximum Gasteiger partial charge on any atom is 0.454 e. The number of carbonyl (C=O) groups excluding carboxylic acids is 1. The lowest BCUT2D eigenvalue weighted by molar-refractivity contribution is -0.165. The number of hydrogen-bond donors (Lipinski definition) is 0. The molecule has 0 saturated carbocycles. The van der Waals surface area contributed by atoms with Crippen molar-refractivity contribution < 1.29 is 18.0 Å². The van der Waals surface area contributed by atoms with Crippen LogP contribution in [-0.2, 0) is 4.79 Å². The maximum atomic E-state index is 11.5. The van der Waals surface area contributed by atoms with Crippen LogP contribution < -0.4 is 0 Å². The molecular formula is C7H3F3N2O. The minimum Gasteiger partial charge on any atom is -0.285 e. The standard InChI is InChI=1S/C7H3F3N2O/c8-7(9,10)6(13)2-1-5(3-11)4-12/h1-2,5H.